The van der Waals surface area contributed by atoms with E-state index >= 15 is 0 Å². The number of hydrogen-bond acceptors (Lipinski definition) is 3. The molecular formula is C12H15F4NO2. The van der Waals surface area contributed by atoms with Gasteiger partial charge in [-0.15, -0.1) is 0 Å². The molecule has 0 aliphatic carbocycles. The molecule has 0 heterocycles. The first-order chi connectivity index (χ1) is 8.88. The predicted molar refractivity (Wildman–Crippen MR) is 62.6 cm³/mol. The summed E-state index contributed by atoms with van der Waals surface area (Å²) < 4.78 is 60.4. The second-order valence-electron chi connectivity index (χ2n) is 3.89. The van der Waals surface area contributed by atoms with E-state index in [0.717, 1.165) is 12.1 Å². The van der Waals surface area contributed by atoms with Gasteiger partial charge in [-0.2, -0.15) is 13.2 Å². The lowest BCUT2D eigenvalue weighted by atomic mass is 10.2. The fourth-order valence-corrected chi connectivity index (χ4v) is 1.45. The van der Waals surface area contributed by atoms with Crippen LogP contribution in [0.3, 0.4) is 0 Å². The molecule has 0 saturated carbocycles. The minimum atomic E-state index is -4.55. The number of halogens is 4. The number of benzene rings is 1. The Morgan fingerprint density at radius 1 is 1.26 bits per heavy atom. The van der Waals surface area contributed by atoms with Crippen molar-refractivity contribution in [1.29, 1.82) is 0 Å². The van der Waals surface area contributed by atoms with Crippen molar-refractivity contribution in [3.63, 3.8) is 0 Å². The van der Waals surface area contributed by atoms with Crippen LogP contribution in [-0.2, 0) is 15.7 Å². The van der Waals surface area contributed by atoms with Gasteiger partial charge in [0.25, 0.3) is 0 Å². The first-order valence-electron chi connectivity index (χ1n) is 5.50. The van der Waals surface area contributed by atoms with Crippen molar-refractivity contribution in [2.45, 2.75) is 12.3 Å². The van der Waals surface area contributed by atoms with Crippen LogP contribution in [0.25, 0.3) is 0 Å². The maximum absolute atomic E-state index is 13.5. The molecule has 0 fully saturated rings. The maximum Gasteiger partial charge on any atom is 0.416 e. The summed E-state index contributed by atoms with van der Waals surface area (Å²) in [4.78, 5) is 0. The van der Waals surface area contributed by atoms with E-state index in [1.54, 1.807) is 0 Å². The number of alkyl halides is 3. The number of anilines is 1. The molecule has 19 heavy (non-hydrogen) atoms. The van der Waals surface area contributed by atoms with Gasteiger partial charge in [0.15, 0.2) is 0 Å². The molecule has 1 aromatic rings. The van der Waals surface area contributed by atoms with Crippen molar-refractivity contribution in [3.05, 3.63) is 29.6 Å². The van der Waals surface area contributed by atoms with Crippen molar-refractivity contribution in [1.82, 2.24) is 0 Å². The van der Waals surface area contributed by atoms with Crippen LogP contribution in [0.5, 0.6) is 0 Å². The number of rotatable bonds is 6. The van der Waals surface area contributed by atoms with E-state index in [0.29, 0.717) is 12.7 Å². The van der Waals surface area contributed by atoms with E-state index in [9.17, 15) is 17.6 Å². The van der Waals surface area contributed by atoms with Crippen LogP contribution >= 0.6 is 0 Å². The summed E-state index contributed by atoms with van der Waals surface area (Å²) in [6, 6.07) is 2.34. The van der Waals surface area contributed by atoms with E-state index in [1.165, 1.54) is 14.2 Å². The minimum Gasteiger partial charge on any atom is -0.382 e. The maximum atomic E-state index is 13.5. The molecule has 0 radical (unpaired) electrons. The Labute approximate surface area is 108 Å². The first kappa shape index (κ1) is 15.7. The lowest BCUT2D eigenvalue weighted by molar-refractivity contribution is -0.137. The highest BCUT2D eigenvalue weighted by atomic mass is 19.4. The molecule has 3 nitrogen and oxygen atoms in total. The standard InChI is InChI=1S/C12H15F4NO2/c1-18-7-9(19-2)6-17-11-4-3-8(5-10(11)13)12(14,15)16/h3-5,9,17H,6-7H2,1-2H3. The molecule has 0 aliphatic rings. The molecule has 1 rings (SSSR count). The van der Waals surface area contributed by atoms with Gasteiger partial charge in [-0.1, -0.05) is 0 Å². The van der Waals surface area contributed by atoms with E-state index in [-0.39, 0.29) is 18.3 Å². The Morgan fingerprint density at radius 3 is 2.42 bits per heavy atom. The summed E-state index contributed by atoms with van der Waals surface area (Å²) in [5.74, 6) is -0.956. The normalized spacial score (nSPS) is 13.4. The van der Waals surface area contributed by atoms with E-state index in [2.05, 4.69) is 5.32 Å². The Hall–Kier alpha value is -1.34. The molecule has 0 aliphatic heterocycles. The molecule has 0 aromatic heterocycles. The van der Waals surface area contributed by atoms with Crippen LogP contribution in [0.2, 0.25) is 0 Å². The van der Waals surface area contributed by atoms with E-state index in [4.69, 9.17) is 9.47 Å². The van der Waals surface area contributed by atoms with Crippen LogP contribution in [0.1, 0.15) is 5.56 Å². The monoisotopic (exact) mass is 281 g/mol. The minimum absolute atomic E-state index is 0.00819. The van der Waals surface area contributed by atoms with Gasteiger partial charge in [0, 0.05) is 20.8 Å². The molecule has 0 amide bonds. The molecule has 1 unspecified atom stereocenters. The SMILES string of the molecule is COCC(CNc1ccc(C(F)(F)F)cc1F)OC. The van der Waals surface area contributed by atoms with Gasteiger partial charge in [0.05, 0.1) is 24.0 Å². The summed E-state index contributed by atoms with van der Waals surface area (Å²) in [6.45, 7) is 0.526. The molecule has 1 N–H and O–H groups in total. The largest absolute Gasteiger partial charge is 0.416 e. The van der Waals surface area contributed by atoms with Gasteiger partial charge in [0.1, 0.15) is 5.82 Å². The molecule has 0 saturated heterocycles. The van der Waals surface area contributed by atoms with Crippen LogP contribution in [0.4, 0.5) is 23.2 Å². The number of hydrogen-bond donors (Lipinski definition) is 1. The zero-order chi connectivity index (χ0) is 14.5. The van der Waals surface area contributed by atoms with Gasteiger partial charge >= 0.3 is 6.18 Å². The van der Waals surface area contributed by atoms with Crippen LogP contribution < -0.4 is 5.32 Å². The number of ether oxygens (including phenoxy) is 2. The van der Waals surface area contributed by atoms with Crippen molar-refractivity contribution in [2.75, 3.05) is 32.7 Å². The van der Waals surface area contributed by atoms with Crippen molar-refractivity contribution in [3.8, 4) is 0 Å². The van der Waals surface area contributed by atoms with E-state index < -0.39 is 17.6 Å². The molecule has 7 heteroatoms. The highest BCUT2D eigenvalue weighted by Crippen LogP contribution is 2.31. The smallest absolute Gasteiger partial charge is 0.382 e. The van der Waals surface area contributed by atoms with Gasteiger partial charge in [-0.05, 0) is 18.2 Å². The van der Waals surface area contributed by atoms with Crippen LogP contribution in [0.15, 0.2) is 18.2 Å². The third kappa shape index (κ3) is 4.68. The summed E-state index contributed by atoms with van der Waals surface area (Å²) >= 11 is 0. The first-order valence-corrected chi connectivity index (χ1v) is 5.50. The lowest BCUT2D eigenvalue weighted by Crippen LogP contribution is -2.26. The second kappa shape index (κ2) is 6.72. The van der Waals surface area contributed by atoms with Gasteiger partial charge < -0.3 is 14.8 Å². The van der Waals surface area contributed by atoms with Gasteiger partial charge in [-0.3, -0.25) is 0 Å². The van der Waals surface area contributed by atoms with Gasteiger partial charge in [0.2, 0.25) is 0 Å². The summed E-state index contributed by atoms with van der Waals surface area (Å²) in [5, 5.41) is 2.68. The Bertz CT molecular complexity index is 409. The van der Waals surface area contributed by atoms with Crippen LogP contribution in [-0.4, -0.2) is 33.5 Å². The average Bonchev–Trinajstić information content (AvgIpc) is 2.34. The van der Waals surface area contributed by atoms with Crippen LogP contribution in [0, 0.1) is 5.82 Å². The summed E-state index contributed by atoms with van der Waals surface area (Å²) in [7, 11) is 2.96. The van der Waals surface area contributed by atoms with E-state index in [1.807, 2.05) is 0 Å². The molecular weight excluding hydrogens is 266 g/mol. The Kier molecular flexibility index (Phi) is 5.56. The average molecular weight is 281 g/mol. The molecule has 0 bridgehead atoms. The Morgan fingerprint density at radius 2 is 1.95 bits per heavy atom. The highest BCUT2D eigenvalue weighted by molar-refractivity contribution is 5.46. The molecule has 1 atom stereocenters. The lowest BCUT2D eigenvalue weighted by Gasteiger charge is -2.16. The molecule has 0 spiro atoms. The zero-order valence-electron chi connectivity index (χ0n) is 10.6. The highest BCUT2D eigenvalue weighted by Gasteiger charge is 2.31. The topological polar surface area (TPSA) is 30.5 Å². The fourth-order valence-electron chi connectivity index (χ4n) is 1.45. The van der Waals surface area contributed by atoms with Crippen molar-refractivity contribution >= 4 is 5.69 Å². The fraction of sp³-hybridized carbons (Fsp3) is 0.500. The zero-order valence-corrected chi connectivity index (χ0v) is 10.6. The van der Waals surface area contributed by atoms with Gasteiger partial charge in [-0.25, -0.2) is 4.39 Å². The number of methoxy groups -OCH3 is 2. The molecule has 108 valence electrons. The van der Waals surface area contributed by atoms with Crippen molar-refractivity contribution in [2.24, 2.45) is 0 Å². The third-order valence-electron chi connectivity index (χ3n) is 2.50. The quantitative estimate of drug-likeness (QED) is 0.813. The number of nitrogens with one attached hydrogen (secondary N) is 1. The second-order valence-corrected chi connectivity index (χ2v) is 3.89. The predicted octanol–water partition coefficient (Wildman–Crippen LogP) is 2.92. The Balaban J connectivity index is 2.70. The third-order valence-corrected chi connectivity index (χ3v) is 2.50. The van der Waals surface area contributed by atoms with Crippen molar-refractivity contribution < 1.29 is 27.0 Å². The molecule has 1 aromatic carbocycles. The summed E-state index contributed by atoms with van der Waals surface area (Å²) in [6.07, 6.45) is -4.86. The summed E-state index contributed by atoms with van der Waals surface area (Å²) in [5.41, 5.74) is -1.03.